The van der Waals surface area contributed by atoms with Gasteiger partial charge >= 0.3 is 0 Å². The zero-order valence-electron chi connectivity index (χ0n) is 12.9. The molecule has 0 aromatic carbocycles. The van der Waals surface area contributed by atoms with Gasteiger partial charge in [-0.1, -0.05) is 12.8 Å². The molecule has 2 aliphatic rings. The van der Waals surface area contributed by atoms with Crippen molar-refractivity contribution in [3.05, 3.63) is 17.0 Å². The van der Waals surface area contributed by atoms with Gasteiger partial charge in [0, 0.05) is 18.8 Å². The number of carbonyl (C=O) groups is 1. The number of fused-ring (bicyclic) bond motifs is 1. The Morgan fingerprint density at radius 2 is 2.10 bits per heavy atom. The van der Waals surface area contributed by atoms with E-state index in [4.69, 9.17) is 11.6 Å². The summed E-state index contributed by atoms with van der Waals surface area (Å²) >= 11 is 6.07. The molecule has 4 nitrogen and oxygen atoms in total. The molecule has 1 unspecified atom stereocenters. The molecule has 0 spiro atoms. The Balaban J connectivity index is 1.84. The molecule has 0 N–H and O–H groups in total. The molecule has 0 bridgehead atoms. The van der Waals surface area contributed by atoms with Crippen molar-refractivity contribution in [2.24, 2.45) is 7.05 Å². The molecule has 21 heavy (non-hydrogen) atoms. The summed E-state index contributed by atoms with van der Waals surface area (Å²) in [7, 11) is 2.01. The SMILES string of the molecule is CC(Cl)C(=O)N(Cc1nn(C)c2c1CCC2)C1CCCC1. The van der Waals surface area contributed by atoms with Gasteiger partial charge in [-0.25, -0.2) is 0 Å². The zero-order valence-corrected chi connectivity index (χ0v) is 13.7. The van der Waals surface area contributed by atoms with Gasteiger partial charge in [0.1, 0.15) is 5.38 Å². The van der Waals surface area contributed by atoms with Crippen molar-refractivity contribution in [2.45, 2.75) is 69.8 Å². The summed E-state index contributed by atoms with van der Waals surface area (Å²) in [5.41, 5.74) is 3.81. The molecule has 1 atom stereocenters. The molecule has 1 saturated carbocycles. The predicted molar refractivity (Wildman–Crippen MR) is 83.4 cm³/mol. The Morgan fingerprint density at radius 3 is 2.76 bits per heavy atom. The smallest absolute Gasteiger partial charge is 0.240 e. The molecule has 1 aromatic rings. The lowest BCUT2D eigenvalue weighted by atomic mass is 10.1. The van der Waals surface area contributed by atoms with Crippen molar-refractivity contribution in [3.63, 3.8) is 0 Å². The maximum Gasteiger partial charge on any atom is 0.240 e. The number of amides is 1. The summed E-state index contributed by atoms with van der Waals surface area (Å²) < 4.78 is 2.00. The summed E-state index contributed by atoms with van der Waals surface area (Å²) in [6.45, 7) is 2.40. The minimum absolute atomic E-state index is 0.0565. The fourth-order valence-electron chi connectivity index (χ4n) is 3.82. The third-order valence-corrected chi connectivity index (χ3v) is 5.09. The van der Waals surface area contributed by atoms with Crippen LogP contribution in [0.3, 0.4) is 0 Å². The average Bonchev–Trinajstić information content (AvgIpc) is 3.15. The maximum absolute atomic E-state index is 12.5. The van der Waals surface area contributed by atoms with Gasteiger partial charge in [0.25, 0.3) is 0 Å². The number of alkyl halides is 1. The molecular weight excluding hydrogens is 286 g/mol. The standard InChI is InChI=1S/C16H24ClN3O/c1-11(17)16(21)20(12-6-3-4-7-12)10-14-13-8-5-9-15(13)19(2)18-14/h11-12H,3-10H2,1-2H3. The van der Waals surface area contributed by atoms with Gasteiger partial charge in [-0.15, -0.1) is 11.6 Å². The van der Waals surface area contributed by atoms with E-state index in [1.807, 2.05) is 16.6 Å². The van der Waals surface area contributed by atoms with Gasteiger partial charge in [0.05, 0.1) is 12.2 Å². The Hall–Kier alpha value is -1.03. The van der Waals surface area contributed by atoms with Crippen LogP contribution in [-0.4, -0.2) is 32.0 Å². The maximum atomic E-state index is 12.5. The van der Waals surface area contributed by atoms with Crippen LogP contribution in [0.15, 0.2) is 0 Å². The number of aryl methyl sites for hydroxylation is 1. The molecule has 1 aromatic heterocycles. The topological polar surface area (TPSA) is 38.1 Å². The van der Waals surface area contributed by atoms with Crippen LogP contribution in [0.1, 0.15) is 56.0 Å². The minimum Gasteiger partial charge on any atom is -0.332 e. The number of aromatic nitrogens is 2. The summed E-state index contributed by atoms with van der Waals surface area (Å²) in [5.74, 6) is 0.0565. The summed E-state index contributed by atoms with van der Waals surface area (Å²) in [6, 6.07) is 0.345. The molecule has 0 radical (unpaired) electrons. The van der Waals surface area contributed by atoms with Crippen molar-refractivity contribution in [3.8, 4) is 0 Å². The fraction of sp³-hybridized carbons (Fsp3) is 0.750. The van der Waals surface area contributed by atoms with Gasteiger partial charge in [-0.05, 0) is 44.6 Å². The molecule has 1 fully saturated rings. The highest BCUT2D eigenvalue weighted by Crippen LogP contribution is 2.29. The molecule has 116 valence electrons. The van der Waals surface area contributed by atoms with Crippen molar-refractivity contribution in [2.75, 3.05) is 0 Å². The van der Waals surface area contributed by atoms with E-state index < -0.39 is 5.38 Å². The van der Waals surface area contributed by atoms with Crippen molar-refractivity contribution < 1.29 is 4.79 Å². The highest BCUT2D eigenvalue weighted by Gasteiger charge is 2.31. The van der Waals surface area contributed by atoms with Gasteiger partial charge in [0.15, 0.2) is 0 Å². The first-order valence-corrected chi connectivity index (χ1v) is 8.49. The highest BCUT2D eigenvalue weighted by atomic mass is 35.5. The Bertz CT molecular complexity index is 532. The first kappa shape index (κ1) is 14.9. The van der Waals surface area contributed by atoms with E-state index in [0.717, 1.165) is 31.4 Å². The van der Waals surface area contributed by atoms with Crippen LogP contribution < -0.4 is 0 Å². The number of hydrogen-bond donors (Lipinski definition) is 0. The van der Waals surface area contributed by atoms with Crippen molar-refractivity contribution in [1.82, 2.24) is 14.7 Å². The first-order valence-electron chi connectivity index (χ1n) is 8.06. The quantitative estimate of drug-likeness (QED) is 0.802. The molecule has 0 saturated heterocycles. The highest BCUT2D eigenvalue weighted by molar-refractivity contribution is 6.30. The fourth-order valence-corrected chi connectivity index (χ4v) is 3.94. The second-order valence-electron chi connectivity index (χ2n) is 6.37. The van der Waals surface area contributed by atoms with E-state index in [0.29, 0.717) is 12.6 Å². The van der Waals surface area contributed by atoms with E-state index in [1.54, 1.807) is 6.92 Å². The average molecular weight is 310 g/mol. The van der Waals surface area contributed by atoms with Gasteiger partial charge < -0.3 is 4.90 Å². The summed E-state index contributed by atoms with van der Waals surface area (Å²) in [4.78, 5) is 14.5. The van der Waals surface area contributed by atoms with E-state index >= 15 is 0 Å². The second kappa shape index (κ2) is 5.99. The van der Waals surface area contributed by atoms with Gasteiger partial charge in [-0.2, -0.15) is 5.10 Å². The summed E-state index contributed by atoms with van der Waals surface area (Å²) in [6.07, 6.45) is 8.05. The van der Waals surface area contributed by atoms with Crippen LogP contribution in [0.5, 0.6) is 0 Å². The normalized spacial score (nSPS) is 19.8. The molecule has 0 aliphatic heterocycles. The van der Waals surface area contributed by atoms with E-state index in [-0.39, 0.29) is 5.91 Å². The minimum atomic E-state index is -0.456. The van der Waals surface area contributed by atoms with Crippen LogP contribution in [-0.2, 0) is 31.2 Å². The predicted octanol–water partition coefficient (Wildman–Crippen LogP) is 2.81. The van der Waals surface area contributed by atoms with Crippen molar-refractivity contribution >= 4 is 17.5 Å². The Labute approximate surface area is 131 Å². The number of nitrogens with zero attached hydrogens (tertiary/aromatic N) is 3. The van der Waals surface area contributed by atoms with Gasteiger partial charge in [-0.3, -0.25) is 9.48 Å². The molecule has 5 heteroatoms. The lowest BCUT2D eigenvalue weighted by molar-refractivity contribution is -0.133. The Morgan fingerprint density at radius 1 is 1.38 bits per heavy atom. The van der Waals surface area contributed by atoms with Crippen LogP contribution in [0.4, 0.5) is 0 Å². The molecule has 3 rings (SSSR count). The molecule has 1 heterocycles. The van der Waals surface area contributed by atoms with Crippen LogP contribution in [0, 0.1) is 0 Å². The van der Waals surface area contributed by atoms with Crippen LogP contribution in [0.2, 0.25) is 0 Å². The monoisotopic (exact) mass is 309 g/mol. The number of rotatable bonds is 4. The molecule has 1 amide bonds. The lowest BCUT2D eigenvalue weighted by Crippen LogP contribution is -2.42. The van der Waals surface area contributed by atoms with Crippen molar-refractivity contribution in [1.29, 1.82) is 0 Å². The lowest BCUT2D eigenvalue weighted by Gasteiger charge is -2.29. The first-order chi connectivity index (χ1) is 10.1. The summed E-state index contributed by atoms with van der Waals surface area (Å²) in [5, 5.41) is 4.21. The second-order valence-corrected chi connectivity index (χ2v) is 7.02. The largest absolute Gasteiger partial charge is 0.332 e. The third kappa shape index (κ3) is 2.83. The molecule has 2 aliphatic carbocycles. The number of halogens is 1. The van der Waals surface area contributed by atoms with E-state index in [2.05, 4.69) is 5.10 Å². The third-order valence-electron chi connectivity index (χ3n) is 4.91. The Kier molecular flexibility index (Phi) is 4.25. The van der Waals surface area contributed by atoms with E-state index in [1.165, 1.54) is 30.5 Å². The number of carbonyl (C=O) groups excluding carboxylic acids is 1. The molecular formula is C16H24ClN3O. The number of hydrogen-bond acceptors (Lipinski definition) is 2. The van der Waals surface area contributed by atoms with E-state index in [9.17, 15) is 4.79 Å². The van der Waals surface area contributed by atoms with Crippen LogP contribution in [0.25, 0.3) is 0 Å². The zero-order chi connectivity index (χ0) is 15.0. The van der Waals surface area contributed by atoms with Crippen LogP contribution >= 0.6 is 11.6 Å². The van der Waals surface area contributed by atoms with Gasteiger partial charge in [0.2, 0.25) is 5.91 Å².